The van der Waals surface area contributed by atoms with E-state index in [1.54, 1.807) is 6.08 Å². The fourth-order valence-electron chi connectivity index (χ4n) is 10.9. The number of hydrogen-bond acceptors (Lipinski definition) is 5. The number of nitrogens with one attached hydrogen (secondary N) is 1. The summed E-state index contributed by atoms with van der Waals surface area (Å²) in [4.78, 5) is 24.5. The molecule has 6 nitrogen and oxygen atoms in total. The first-order valence-corrected chi connectivity index (χ1v) is 35.4. The molecule has 0 aromatic carbocycles. The van der Waals surface area contributed by atoms with Crippen molar-refractivity contribution in [2.45, 2.75) is 392 Å². The molecule has 0 spiro atoms. The Labute approximate surface area is 493 Å². The maximum atomic E-state index is 12.5. The highest BCUT2D eigenvalue weighted by molar-refractivity contribution is 5.76. The Bertz CT molecular complexity index is 1320. The number of aliphatic hydroxyl groups is 2. The highest BCUT2D eigenvalue weighted by atomic mass is 16.5. The second-order valence-corrected chi connectivity index (χ2v) is 24.2. The highest BCUT2D eigenvalue weighted by Crippen LogP contribution is 2.18. The Morgan fingerprint density at radius 1 is 0.354 bits per heavy atom. The molecule has 464 valence electrons. The van der Waals surface area contributed by atoms with Crippen molar-refractivity contribution in [2.75, 3.05) is 13.2 Å². The third-order valence-corrected chi connectivity index (χ3v) is 16.3. The molecule has 0 aliphatic rings. The summed E-state index contributed by atoms with van der Waals surface area (Å²) in [6, 6.07) is -0.625. The summed E-state index contributed by atoms with van der Waals surface area (Å²) in [6.45, 7) is 4.89. The number of amides is 1. The monoisotopic (exact) mass is 1110 g/mol. The van der Waals surface area contributed by atoms with E-state index in [0.29, 0.717) is 19.4 Å². The van der Waals surface area contributed by atoms with E-state index in [0.717, 1.165) is 51.4 Å². The molecule has 0 aliphatic heterocycles. The van der Waals surface area contributed by atoms with E-state index in [2.05, 4.69) is 55.6 Å². The lowest BCUT2D eigenvalue weighted by molar-refractivity contribution is -0.143. The minimum Gasteiger partial charge on any atom is -0.466 e. The first-order chi connectivity index (χ1) is 39.0. The van der Waals surface area contributed by atoms with Gasteiger partial charge in [-0.05, 0) is 89.9 Å². The quantitative estimate of drug-likeness (QED) is 0.0320. The molecule has 2 atom stereocenters. The molecule has 0 saturated carbocycles. The lowest BCUT2D eigenvalue weighted by atomic mass is 10.0. The Kier molecular flexibility index (Phi) is 66.4. The van der Waals surface area contributed by atoms with E-state index in [4.69, 9.17) is 4.74 Å². The number of allylic oxidation sites excluding steroid dienone is 7. The van der Waals surface area contributed by atoms with Crippen LogP contribution >= 0.6 is 0 Å². The van der Waals surface area contributed by atoms with Crippen molar-refractivity contribution in [3.05, 3.63) is 48.6 Å². The van der Waals surface area contributed by atoms with Gasteiger partial charge in [0, 0.05) is 12.8 Å². The summed E-state index contributed by atoms with van der Waals surface area (Å²) >= 11 is 0. The van der Waals surface area contributed by atoms with E-state index in [1.165, 1.54) is 302 Å². The average Bonchev–Trinajstić information content (AvgIpc) is 3.45. The molecule has 0 radical (unpaired) electrons. The molecule has 0 aromatic rings. The molecule has 3 N–H and O–H groups in total. The van der Waals surface area contributed by atoms with Crippen LogP contribution in [0, 0.1) is 0 Å². The Morgan fingerprint density at radius 3 is 1.00 bits per heavy atom. The first kappa shape index (κ1) is 76.8. The van der Waals surface area contributed by atoms with Crippen LogP contribution in [-0.4, -0.2) is 47.4 Å². The first-order valence-electron chi connectivity index (χ1n) is 35.4. The number of aliphatic hydroxyl groups excluding tert-OH is 2. The summed E-state index contributed by atoms with van der Waals surface area (Å²) in [7, 11) is 0. The molecule has 1 amide bonds. The van der Waals surface area contributed by atoms with Crippen LogP contribution in [0.3, 0.4) is 0 Å². The third kappa shape index (κ3) is 64.8. The van der Waals surface area contributed by atoms with Gasteiger partial charge in [0.1, 0.15) is 0 Å². The zero-order valence-corrected chi connectivity index (χ0v) is 53.1. The lowest BCUT2D eigenvalue weighted by Crippen LogP contribution is -2.45. The largest absolute Gasteiger partial charge is 0.466 e. The van der Waals surface area contributed by atoms with Gasteiger partial charge in [0.05, 0.1) is 25.4 Å². The maximum absolute atomic E-state index is 12.5. The standard InChI is InChI=1S/C73H137NO5/c1-3-5-7-9-11-13-15-17-38-43-47-51-55-59-63-67-73(78)79-68-64-60-56-52-48-44-40-37-35-33-31-29-27-25-23-21-19-20-22-24-26-28-30-32-34-36-39-42-46-50-54-58-62-66-72(77)74-70(69-75)71(76)65-61-57-53-49-45-41-18-16-14-12-10-8-6-4-2/h11,13,17,23,25,38,61,65,70-71,75-76H,3-10,12,14-16,18-22,24,26-37,39-60,62-64,66-69H2,1-2H3,(H,74,77)/b13-11-,25-23-,38-17-,65-61+. The van der Waals surface area contributed by atoms with Crippen molar-refractivity contribution in [1.82, 2.24) is 5.32 Å². The molecule has 6 heteroatoms. The van der Waals surface area contributed by atoms with Gasteiger partial charge >= 0.3 is 5.97 Å². The third-order valence-electron chi connectivity index (χ3n) is 16.3. The fraction of sp³-hybridized carbons (Fsp3) is 0.863. The van der Waals surface area contributed by atoms with Crippen LogP contribution in [0.15, 0.2) is 48.6 Å². The molecule has 0 heterocycles. The summed E-state index contributed by atoms with van der Waals surface area (Å²) in [5.74, 6) is -0.0592. The predicted molar refractivity (Wildman–Crippen MR) is 347 cm³/mol. The SMILES string of the molecule is CCCCC/C=C\C/C=C\CCCCCCCC(=O)OCCCCCCCCCCCCCC/C=C\CCCCCCCCCCCCCCCCCCCC(=O)NC(CO)C(O)/C=C/CCCCCCCCCCCCCC. The molecule has 0 aromatic heterocycles. The topological polar surface area (TPSA) is 95.9 Å². The van der Waals surface area contributed by atoms with Crippen LogP contribution in [0.2, 0.25) is 0 Å². The zero-order chi connectivity index (χ0) is 57.1. The Hall–Kier alpha value is -2.18. The lowest BCUT2D eigenvalue weighted by Gasteiger charge is -2.20. The van der Waals surface area contributed by atoms with Crippen molar-refractivity contribution in [2.24, 2.45) is 0 Å². The van der Waals surface area contributed by atoms with Gasteiger partial charge in [0.2, 0.25) is 5.91 Å². The van der Waals surface area contributed by atoms with Gasteiger partial charge in [-0.25, -0.2) is 0 Å². The number of esters is 1. The van der Waals surface area contributed by atoms with Crippen LogP contribution in [0.4, 0.5) is 0 Å². The van der Waals surface area contributed by atoms with Crippen LogP contribution in [-0.2, 0) is 14.3 Å². The number of carbonyl (C=O) groups excluding carboxylic acids is 2. The zero-order valence-electron chi connectivity index (χ0n) is 53.1. The van der Waals surface area contributed by atoms with Gasteiger partial charge in [-0.3, -0.25) is 9.59 Å². The van der Waals surface area contributed by atoms with Crippen molar-refractivity contribution in [3.8, 4) is 0 Å². The van der Waals surface area contributed by atoms with Crippen molar-refractivity contribution in [3.63, 3.8) is 0 Å². The normalized spacial score (nSPS) is 12.8. The molecular formula is C73H137NO5. The van der Waals surface area contributed by atoms with Gasteiger partial charge in [0.15, 0.2) is 0 Å². The van der Waals surface area contributed by atoms with Crippen molar-refractivity contribution >= 4 is 11.9 Å². The Balaban J connectivity index is 3.36. The number of unbranched alkanes of at least 4 members (excludes halogenated alkanes) is 49. The van der Waals surface area contributed by atoms with Gasteiger partial charge in [-0.1, -0.05) is 326 Å². The van der Waals surface area contributed by atoms with E-state index >= 15 is 0 Å². The molecule has 0 bridgehead atoms. The molecule has 0 fully saturated rings. The maximum Gasteiger partial charge on any atom is 0.305 e. The summed E-state index contributed by atoms with van der Waals surface area (Å²) in [5.41, 5.74) is 0. The molecular weight excluding hydrogens is 971 g/mol. The second kappa shape index (κ2) is 68.3. The second-order valence-electron chi connectivity index (χ2n) is 24.2. The van der Waals surface area contributed by atoms with E-state index in [9.17, 15) is 19.8 Å². The van der Waals surface area contributed by atoms with Gasteiger partial charge in [0.25, 0.3) is 0 Å². The number of carbonyl (C=O) groups is 2. The minimum absolute atomic E-state index is 0.00439. The fourth-order valence-corrected chi connectivity index (χ4v) is 10.9. The molecule has 79 heavy (non-hydrogen) atoms. The average molecular weight is 1110 g/mol. The van der Waals surface area contributed by atoms with E-state index in [1.807, 2.05) is 6.08 Å². The number of hydrogen-bond donors (Lipinski definition) is 3. The van der Waals surface area contributed by atoms with Crippen molar-refractivity contribution in [1.29, 1.82) is 0 Å². The summed E-state index contributed by atoms with van der Waals surface area (Å²) in [5, 5.41) is 23.1. The van der Waals surface area contributed by atoms with Crippen LogP contribution in [0.25, 0.3) is 0 Å². The number of ether oxygens (including phenoxy) is 1. The smallest absolute Gasteiger partial charge is 0.305 e. The minimum atomic E-state index is -0.842. The van der Waals surface area contributed by atoms with Crippen molar-refractivity contribution < 1.29 is 24.5 Å². The van der Waals surface area contributed by atoms with Gasteiger partial charge < -0.3 is 20.3 Å². The molecule has 0 saturated heterocycles. The van der Waals surface area contributed by atoms with E-state index < -0.39 is 12.1 Å². The van der Waals surface area contributed by atoms with Crippen LogP contribution < -0.4 is 5.32 Å². The Morgan fingerprint density at radius 2 is 0.633 bits per heavy atom. The highest BCUT2D eigenvalue weighted by Gasteiger charge is 2.18. The summed E-state index contributed by atoms with van der Waals surface area (Å²) in [6.07, 6.45) is 89.1. The predicted octanol–water partition coefficient (Wildman–Crippen LogP) is 22.9. The van der Waals surface area contributed by atoms with E-state index in [-0.39, 0.29) is 18.5 Å². The van der Waals surface area contributed by atoms with Crippen LogP contribution in [0.5, 0.6) is 0 Å². The molecule has 0 rings (SSSR count). The molecule has 0 aliphatic carbocycles. The van der Waals surface area contributed by atoms with Gasteiger partial charge in [-0.15, -0.1) is 0 Å². The van der Waals surface area contributed by atoms with Crippen LogP contribution in [0.1, 0.15) is 380 Å². The van der Waals surface area contributed by atoms with Gasteiger partial charge in [-0.2, -0.15) is 0 Å². The molecule has 2 unspecified atom stereocenters. The summed E-state index contributed by atoms with van der Waals surface area (Å²) < 4.78 is 5.49. The number of rotatable bonds is 66.